The van der Waals surface area contributed by atoms with Gasteiger partial charge in [-0.2, -0.15) is 0 Å². The molecule has 0 aliphatic carbocycles. The van der Waals surface area contributed by atoms with Crippen molar-refractivity contribution in [1.29, 1.82) is 0 Å². The lowest BCUT2D eigenvalue weighted by Crippen LogP contribution is -2.28. The van der Waals surface area contributed by atoms with Crippen molar-refractivity contribution < 1.29 is 14.7 Å². The molecule has 110 valence electrons. The molecule has 0 spiro atoms. The molecule has 0 unspecified atom stereocenters. The molecule has 0 saturated carbocycles. The molecule has 0 amide bonds. The standard InChI is InChI=1S/C15H22N2O3/c1-19-11-12-20-10-9-17-8-4-6-14(16-18)13-5-2-3-7-15(13)17/h2-3,5,7,18H,4,6,8-12H2,1H3/b16-14-. The van der Waals surface area contributed by atoms with Crippen LogP contribution in [0, 0.1) is 0 Å². The normalized spacial score (nSPS) is 17.1. The highest BCUT2D eigenvalue weighted by Gasteiger charge is 2.19. The predicted molar refractivity (Wildman–Crippen MR) is 78.9 cm³/mol. The molecule has 1 aliphatic rings. The highest BCUT2D eigenvalue weighted by Crippen LogP contribution is 2.26. The van der Waals surface area contributed by atoms with Gasteiger partial charge in [0, 0.05) is 31.5 Å². The molecule has 1 aromatic carbocycles. The zero-order valence-corrected chi connectivity index (χ0v) is 11.9. The van der Waals surface area contributed by atoms with Gasteiger partial charge in [0.25, 0.3) is 0 Å². The Morgan fingerprint density at radius 2 is 2.10 bits per heavy atom. The van der Waals surface area contributed by atoms with Gasteiger partial charge in [-0.3, -0.25) is 0 Å². The van der Waals surface area contributed by atoms with Crippen molar-refractivity contribution in [3.05, 3.63) is 29.8 Å². The summed E-state index contributed by atoms with van der Waals surface area (Å²) >= 11 is 0. The molecule has 1 heterocycles. The number of methoxy groups -OCH3 is 1. The highest BCUT2D eigenvalue weighted by atomic mass is 16.5. The van der Waals surface area contributed by atoms with Crippen LogP contribution in [0.1, 0.15) is 18.4 Å². The molecule has 0 atom stereocenters. The molecular weight excluding hydrogens is 256 g/mol. The van der Waals surface area contributed by atoms with Crippen LogP contribution in [0.15, 0.2) is 29.4 Å². The van der Waals surface area contributed by atoms with Crippen LogP contribution in [0.5, 0.6) is 0 Å². The number of anilines is 1. The molecule has 0 bridgehead atoms. The van der Waals surface area contributed by atoms with Crippen LogP contribution < -0.4 is 4.90 Å². The van der Waals surface area contributed by atoms with Gasteiger partial charge in [0.1, 0.15) is 0 Å². The summed E-state index contributed by atoms with van der Waals surface area (Å²) in [6, 6.07) is 8.07. The van der Waals surface area contributed by atoms with E-state index in [4.69, 9.17) is 14.7 Å². The maximum absolute atomic E-state index is 9.15. The van der Waals surface area contributed by atoms with E-state index in [1.165, 1.54) is 0 Å². The molecule has 5 heteroatoms. The third-order valence-corrected chi connectivity index (χ3v) is 3.46. The average molecular weight is 278 g/mol. The van der Waals surface area contributed by atoms with Crippen LogP contribution in [0.2, 0.25) is 0 Å². The maximum Gasteiger partial charge on any atom is 0.0889 e. The van der Waals surface area contributed by atoms with Crippen molar-refractivity contribution >= 4 is 11.4 Å². The van der Waals surface area contributed by atoms with Crippen molar-refractivity contribution in [1.82, 2.24) is 0 Å². The summed E-state index contributed by atoms with van der Waals surface area (Å²) in [4.78, 5) is 2.29. The third kappa shape index (κ3) is 3.71. The Balaban J connectivity index is 2.02. The van der Waals surface area contributed by atoms with Crippen LogP contribution >= 0.6 is 0 Å². The van der Waals surface area contributed by atoms with Gasteiger partial charge in [0.15, 0.2) is 0 Å². The Kier molecular flexibility index (Phi) is 5.83. The number of benzene rings is 1. The summed E-state index contributed by atoms with van der Waals surface area (Å²) in [5.74, 6) is 0. The van der Waals surface area contributed by atoms with Gasteiger partial charge in [-0.15, -0.1) is 0 Å². The summed E-state index contributed by atoms with van der Waals surface area (Å²) in [7, 11) is 1.67. The van der Waals surface area contributed by atoms with Crippen LogP contribution in [-0.4, -0.2) is 50.9 Å². The van der Waals surface area contributed by atoms with Crippen LogP contribution in [-0.2, 0) is 9.47 Å². The molecule has 5 nitrogen and oxygen atoms in total. The van der Waals surface area contributed by atoms with Gasteiger partial charge in [0.05, 0.1) is 25.5 Å². The van der Waals surface area contributed by atoms with E-state index >= 15 is 0 Å². The Morgan fingerprint density at radius 1 is 1.25 bits per heavy atom. The second kappa shape index (κ2) is 7.87. The fraction of sp³-hybridized carbons (Fsp3) is 0.533. The van der Waals surface area contributed by atoms with Gasteiger partial charge in [-0.1, -0.05) is 23.4 Å². The molecule has 1 aromatic rings. The molecule has 0 saturated heterocycles. The molecule has 0 fully saturated rings. The van der Waals surface area contributed by atoms with Gasteiger partial charge in [0.2, 0.25) is 0 Å². The van der Waals surface area contributed by atoms with E-state index in [1.807, 2.05) is 18.2 Å². The van der Waals surface area contributed by atoms with Crippen molar-refractivity contribution in [2.45, 2.75) is 12.8 Å². The number of hydrogen-bond acceptors (Lipinski definition) is 5. The quantitative estimate of drug-likeness (QED) is 0.492. The Hall–Kier alpha value is -1.59. The largest absolute Gasteiger partial charge is 0.411 e. The summed E-state index contributed by atoms with van der Waals surface area (Å²) in [6.07, 6.45) is 1.78. The number of oxime groups is 1. The second-order valence-electron chi connectivity index (χ2n) is 4.76. The first-order valence-electron chi connectivity index (χ1n) is 6.98. The molecule has 2 rings (SSSR count). The molecule has 1 N–H and O–H groups in total. The van der Waals surface area contributed by atoms with E-state index in [1.54, 1.807) is 7.11 Å². The minimum atomic E-state index is 0.620. The van der Waals surface area contributed by atoms with Crippen LogP contribution in [0.25, 0.3) is 0 Å². The number of fused-ring (bicyclic) bond motifs is 1. The molecule has 0 aromatic heterocycles. The van der Waals surface area contributed by atoms with Gasteiger partial charge < -0.3 is 19.6 Å². The minimum Gasteiger partial charge on any atom is -0.411 e. The summed E-state index contributed by atoms with van der Waals surface area (Å²) in [6.45, 7) is 3.69. The lowest BCUT2D eigenvalue weighted by Gasteiger charge is -2.24. The Labute approximate surface area is 119 Å². The van der Waals surface area contributed by atoms with E-state index in [2.05, 4.69) is 16.1 Å². The average Bonchev–Trinajstić information content (AvgIpc) is 2.66. The van der Waals surface area contributed by atoms with E-state index in [0.29, 0.717) is 19.8 Å². The first-order valence-corrected chi connectivity index (χ1v) is 6.98. The number of hydrogen-bond donors (Lipinski definition) is 1. The zero-order chi connectivity index (χ0) is 14.2. The van der Waals surface area contributed by atoms with Gasteiger partial charge in [-0.05, 0) is 18.9 Å². The van der Waals surface area contributed by atoms with E-state index in [9.17, 15) is 0 Å². The van der Waals surface area contributed by atoms with Gasteiger partial charge in [-0.25, -0.2) is 0 Å². The second-order valence-corrected chi connectivity index (χ2v) is 4.76. The maximum atomic E-state index is 9.15. The predicted octanol–water partition coefficient (Wildman–Crippen LogP) is 2.13. The number of rotatable bonds is 6. The Morgan fingerprint density at radius 3 is 2.90 bits per heavy atom. The number of nitrogens with zero attached hydrogens (tertiary/aromatic N) is 2. The summed E-state index contributed by atoms with van der Waals surface area (Å²) in [5, 5.41) is 12.6. The first kappa shape index (κ1) is 14.8. The fourth-order valence-corrected chi connectivity index (χ4v) is 2.44. The lowest BCUT2D eigenvalue weighted by atomic mass is 10.1. The molecule has 1 aliphatic heterocycles. The van der Waals surface area contributed by atoms with Crippen LogP contribution in [0.4, 0.5) is 5.69 Å². The van der Waals surface area contributed by atoms with Gasteiger partial charge >= 0.3 is 0 Å². The smallest absolute Gasteiger partial charge is 0.0889 e. The summed E-state index contributed by atoms with van der Waals surface area (Å²) < 4.78 is 10.5. The molecular formula is C15H22N2O3. The highest BCUT2D eigenvalue weighted by molar-refractivity contribution is 6.05. The minimum absolute atomic E-state index is 0.620. The van der Waals surface area contributed by atoms with Crippen LogP contribution in [0.3, 0.4) is 0 Å². The monoisotopic (exact) mass is 278 g/mol. The lowest BCUT2D eigenvalue weighted by molar-refractivity contribution is 0.0740. The van der Waals surface area contributed by atoms with Crippen molar-refractivity contribution in [3.8, 4) is 0 Å². The topological polar surface area (TPSA) is 54.3 Å². The Bertz CT molecular complexity index is 448. The number of ether oxygens (including phenoxy) is 2. The van der Waals surface area contributed by atoms with E-state index in [0.717, 1.165) is 42.9 Å². The third-order valence-electron chi connectivity index (χ3n) is 3.46. The van der Waals surface area contributed by atoms with E-state index in [-0.39, 0.29) is 0 Å². The zero-order valence-electron chi connectivity index (χ0n) is 11.9. The van der Waals surface area contributed by atoms with Crippen molar-refractivity contribution in [2.24, 2.45) is 5.16 Å². The SMILES string of the molecule is COCCOCCN1CCC/C(=N/O)c2ccccc21. The van der Waals surface area contributed by atoms with Crippen molar-refractivity contribution in [2.75, 3.05) is 44.9 Å². The number of para-hydroxylation sites is 1. The first-order chi connectivity index (χ1) is 9.86. The fourth-order valence-electron chi connectivity index (χ4n) is 2.44. The molecule has 0 radical (unpaired) electrons. The van der Waals surface area contributed by atoms with Crippen molar-refractivity contribution in [3.63, 3.8) is 0 Å². The molecule has 20 heavy (non-hydrogen) atoms. The van der Waals surface area contributed by atoms with E-state index < -0.39 is 0 Å². The summed E-state index contributed by atoms with van der Waals surface area (Å²) in [5.41, 5.74) is 2.90.